The Hall–Kier alpha value is -0.160. The van der Waals surface area contributed by atoms with Gasteiger partial charge in [0, 0.05) is 11.4 Å². The van der Waals surface area contributed by atoms with Gasteiger partial charge in [0.05, 0.1) is 8.59 Å². The van der Waals surface area contributed by atoms with Gasteiger partial charge in [-0.15, -0.1) is 0 Å². The van der Waals surface area contributed by atoms with Crippen molar-refractivity contribution in [2.24, 2.45) is 0 Å². The molecule has 0 radical (unpaired) electrons. The first kappa shape index (κ1) is 7.94. The maximum Gasteiger partial charge on any atom is 0.0580 e. The standard InChI is InChI=1S/C6H6ClIN2/c7-4-1-3(9)2-5(10)6(4)8/h1-2H,9-10H2. The van der Waals surface area contributed by atoms with Crippen LogP contribution in [0.1, 0.15) is 0 Å². The maximum absolute atomic E-state index is 5.75. The number of hydrogen-bond acceptors (Lipinski definition) is 2. The summed E-state index contributed by atoms with van der Waals surface area (Å²) >= 11 is 7.82. The first-order valence-electron chi connectivity index (χ1n) is 2.61. The minimum absolute atomic E-state index is 0.600. The zero-order valence-electron chi connectivity index (χ0n) is 5.07. The van der Waals surface area contributed by atoms with Crippen molar-refractivity contribution < 1.29 is 0 Å². The summed E-state index contributed by atoms with van der Waals surface area (Å²) in [7, 11) is 0. The van der Waals surface area contributed by atoms with Crippen molar-refractivity contribution >= 4 is 45.6 Å². The van der Waals surface area contributed by atoms with E-state index in [9.17, 15) is 0 Å². The predicted octanol–water partition coefficient (Wildman–Crippen LogP) is 2.11. The number of rotatable bonds is 0. The normalized spacial score (nSPS) is 9.80. The second-order valence-electron chi connectivity index (χ2n) is 1.91. The van der Waals surface area contributed by atoms with Crippen LogP contribution in [-0.2, 0) is 0 Å². The summed E-state index contributed by atoms with van der Waals surface area (Å²) < 4.78 is 0.855. The molecule has 0 fully saturated rings. The third-order valence-electron chi connectivity index (χ3n) is 1.08. The molecule has 2 nitrogen and oxygen atoms in total. The molecule has 0 atom stereocenters. The zero-order chi connectivity index (χ0) is 7.72. The van der Waals surface area contributed by atoms with Gasteiger partial charge >= 0.3 is 0 Å². The molecule has 0 aliphatic rings. The predicted molar refractivity (Wildman–Crippen MR) is 53.0 cm³/mol. The fourth-order valence-corrected chi connectivity index (χ4v) is 1.18. The summed E-state index contributed by atoms with van der Waals surface area (Å²) in [5.41, 5.74) is 12.2. The lowest BCUT2D eigenvalue weighted by Crippen LogP contribution is -1.93. The Morgan fingerprint density at radius 2 is 1.90 bits per heavy atom. The fraction of sp³-hybridized carbons (Fsp3) is 0. The third kappa shape index (κ3) is 1.46. The minimum Gasteiger partial charge on any atom is -0.399 e. The lowest BCUT2D eigenvalue weighted by molar-refractivity contribution is 1.61. The molecule has 54 valence electrons. The first-order chi connectivity index (χ1) is 4.61. The van der Waals surface area contributed by atoms with Crippen LogP contribution in [0.2, 0.25) is 5.02 Å². The van der Waals surface area contributed by atoms with Gasteiger partial charge < -0.3 is 11.5 Å². The summed E-state index contributed by atoms with van der Waals surface area (Å²) in [6, 6.07) is 3.37. The highest BCUT2D eigenvalue weighted by Crippen LogP contribution is 2.26. The second-order valence-corrected chi connectivity index (χ2v) is 3.39. The van der Waals surface area contributed by atoms with Gasteiger partial charge in [-0.2, -0.15) is 0 Å². The molecule has 0 unspecified atom stereocenters. The minimum atomic E-state index is 0.600. The van der Waals surface area contributed by atoms with Crippen LogP contribution in [0, 0.1) is 3.57 Å². The summed E-state index contributed by atoms with van der Waals surface area (Å²) in [4.78, 5) is 0. The SMILES string of the molecule is Nc1cc(N)c(I)c(Cl)c1. The van der Waals surface area contributed by atoms with E-state index in [1.54, 1.807) is 12.1 Å². The van der Waals surface area contributed by atoms with Crippen LogP contribution in [0.25, 0.3) is 0 Å². The van der Waals surface area contributed by atoms with Gasteiger partial charge in [-0.1, -0.05) is 11.6 Å². The second kappa shape index (κ2) is 2.84. The monoisotopic (exact) mass is 268 g/mol. The van der Waals surface area contributed by atoms with E-state index < -0.39 is 0 Å². The van der Waals surface area contributed by atoms with Crippen molar-refractivity contribution in [2.45, 2.75) is 0 Å². The number of anilines is 2. The Morgan fingerprint density at radius 3 is 2.40 bits per heavy atom. The summed E-state index contributed by atoms with van der Waals surface area (Å²) in [6.07, 6.45) is 0. The van der Waals surface area contributed by atoms with Crippen LogP contribution in [0.4, 0.5) is 11.4 Å². The van der Waals surface area contributed by atoms with E-state index in [1.807, 2.05) is 0 Å². The van der Waals surface area contributed by atoms with E-state index in [0.717, 1.165) is 3.57 Å². The molecule has 0 saturated carbocycles. The molecule has 0 aromatic heterocycles. The lowest BCUT2D eigenvalue weighted by Gasteiger charge is -2.01. The van der Waals surface area contributed by atoms with Gasteiger partial charge in [-0.25, -0.2) is 0 Å². The molecule has 0 saturated heterocycles. The molecule has 0 spiro atoms. The third-order valence-corrected chi connectivity index (χ3v) is 2.90. The van der Waals surface area contributed by atoms with Gasteiger partial charge in [0.25, 0.3) is 0 Å². The lowest BCUT2D eigenvalue weighted by atomic mass is 10.3. The van der Waals surface area contributed by atoms with Crippen LogP contribution >= 0.6 is 34.2 Å². The summed E-state index contributed by atoms with van der Waals surface area (Å²) in [6.45, 7) is 0. The number of hydrogen-bond donors (Lipinski definition) is 2. The van der Waals surface area contributed by atoms with E-state index >= 15 is 0 Å². The van der Waals surface area contributed by atoms with Gasteiger partial charge in [0.1, 0.15) is 0 Å². The fourth-order valence-electron chi connectivity index (χ4n) is 0.632. The van der Waals surface area contributed by atoms with Crippen molar-refractivity contribution in [1.29, 1.82) is 0 Å². The molecule has 0 aliphatic carbocycles. The van der Waals surface area contributed by atoms with Crippen LogP contribution in [-0.4, -0.2) is 0 Å². The van der Waals surface area contributed by atoms with Crippen molar-refractivity contribution in [3.63, 3.8) is 0 Å². The average Bonchev–Trinajstić information content (AvgIpc) is 1.82. The molecule has 0 aliphatic heterocycles. The number of benzene rings is 1. The Bertz CT molecular complexity index is 239. The molecule has 1 rings (SSSR count). The average molecular weight is 268 g/mol. The molecule has 0 heterocycles. The van der Waals surface area contributed by atoms with Crippen molar-refractivity contribution in [2.75, 3.05) is 11.5 Å². The Labute approximate surface area is 77.7 Å². The van der Waals surface area contributed by atoms with Gasteiger partial charge in [-0.3, -0.25) is 0 Å². The molecule has 1 aromatic carbocycles. The molecule has 10 heavy (non-hydrogen) atoms. The van der Waals surface area contributed by atoms with Crippen LogP contribution in [0.3, 0.4) is 0 Å². The first-order valence-corrected chi connectivity index (χ1v) is 4.07. The molecule has 0 bridgehead atoms. The number of nitrogens with two attached hydrogens (primary N) is 2. The van der Waals surface area contributed by atoms with Crippen molar-refractivity contribution in [1.82, 2.24) is 0 Å². The van der Waals surface area contributed by atoms with Crippen molar-refractivity contribution in [3.05, 3.63) is 20.7 Å². The zero-order valence-corrected chi connectivity index (χ0v) is 7.98. The maximum atomic E-state index is 5.75. The Kier molecular flexibility index (Phi) is 2.25. The molecule has 4 heteroatoms. The van der Waals surface area contributed by atoms with Crippen LogP contribution in [0.15, 0.2) is 12.1 Å². The highest BCUT2D eigenvalue weighted by Gasteiger charge is 2.00. The van der Waals surface area contributed by atoms with E-state index in [1.165, 1.54) is 0 Å². The number of nitrogen functional groups attached to an aromatic ring is 2. The summed E-state index contributed by atoms with van der Waals surface area (Å²) in [5, 5.41) is 0.609. The molecule has 0 amide bonds. The van der Waals surface area contributed by atoms with E-state index in [0.29, 0.717) is 16.4 Å². The van der Waals surface area contributed by atoms with Crippen LogP contribution < -0.4 is 11.5 Å². The van der Waals surface area contributed by atoms with E-state index in [-0.39, 0.29) is 0 Å². The highest BCUT2D eigenvalue weighted by atomic mass is 127. The smallest absolute Gasteiger partial charge is 0.0580 e. The molecular weight excluding hydrogens is 262 g/mol. The van der Waals surface area contributed by atoms with E-state index in [2.05, 4.69) is 22.6 Å². The molecular formula is C6H6ClIN2. The number of halogens is 2. The van der Waals surface area contributed by atoms with Crippen LogP contribution in [0.5, 0.6) is 0 Å². The summed E-state index contributed by atoms with van der Waals surface area (Å²) in [5.74, 6) is 0. The Balaban J connectivity index is 3.31. The quantitative estimate of drug-likeness (QED) is 0.559. The Morgan fingerprint density at radius 1 is 1.30 bits per heavy atom. The molecule has 4 N–H and O–H groups in total. The topological polar surface area (TPSA) is 52.0 Å². The van der Waals surface area contributed by atoms with Gasteiger partial charge in [-0.05, 0) is 34.7 Å². The highest BCUT2D eigenvalue weighted by molar-refractivity contribution is 14.1. The van der Waals surface area contributed by atoms with Gasteiger partial charge in [0.2, 0.25) is 0 Å². The van der Waals surface area contributed by atoms with Gasteiger partial charge in [0.15, 0.2) is 0 Å². The largest absolute Gasteiger partial charge is 0.399 e. The molecule has 1 aromatic rings. The van der Waals surface area contributed by atoms with Crippen molar-refractivity contribution in [3.8, 4) is 0 Å². The van der Waals surface area contributed by atoms with E-state index in [4.69, 9.17) is 23.1 Å².